The maximum atomic E-state index is 13.4. The number of benzene rings is 2. The first-order valence-electron chi connectivity index (χ1n) is 13.0. The number of aromatic nitrogens is 2. The first kappa shape index (κ1) is 25.6. The van der Waals surface area contributed by atoms with E-state index in [0.29, 0.717) is 37.5 Å². The number of carbonyl (C=O) groups is 2. The lowest BCUT2D eigenvalue weighted by Gasteiger charge is -2.27. The fourth-order valence-corrected chi connectivity index (χ4v) is 5.32. The monoisotopic (exact) mass is 525 g/mol. The van der Waals surface area contributed by atoms with E-state index in [2.05, 4.69) is 15.1 Å². The SMILES string of the molecule is O=C(CN(CCc1ccccc1)C(=O)c1cccs1)N1CCCN(c2ccc(-c3ccccc3)nn2)CC1. The van der Waals surface area contributed by atoms with E-state index in [0.717, 1.165) is 35.6 Å². The molecule has 0 spiro atoms. The van der Waals surface area contributed by atoms with Gasteiger partial charge in [0.25, 0.3) is 5.91 Å². The second-order valence-electron chi connectivity index (χ2n) is 9.30. The smallest absolute Gasteiger partial charge is 0.264 e. The van der Waals surface area contributed by atoms with Crippen LogP contribution in [0.2, 0.25) is 0 Å². The van der Waals surface area contributed by atoms with Gasteiger partial charge in [-0.05, 0) is 42.0 Å². The zero-order valence-electron chi connectivity index (χ0n) is 21.3. The van der Waals surface area contributed by atoms with Crippen LogP contribution in [0.4, 0.5) is 5.82 Å². The molecule has 8 heteroatoms. The first-order valence-corrected chi connectivity index (χ1v) is 13.8. The predicted molar refractivity (Wildman–Crippen MR) is 151 cm³/mol. The molecular weight excluding hydrogens is 494 g/mol. The van der Waals surface area contributed by atoms with Gasteiger partial charge in [0.15, 0.2) is 5.82 Å². The van der Waals surface area contributed by atoms with Crippen LogP contribution in [0.3, 0.4) is 0 Å². The van der Waals surface area contributed by atoms with Crippen LogP contribution in [-0.2, 0) is 11.2 Å². The van der Waals surface area contributed by atoms with Crippen LogP contribution in [0, 0.1) is 0 Å². The third kappa shape index (κ3) is 6.44. The van der Waals surface area contributed by atoms with Crippen molar-refractivity contribution in [3.63, 3.8) is 0 Å². The predicted octanol–water partition coefficient (Wildman–Crippen LogP) is 4.63. The van der Waals surface area contributed by atoms with Crippen molar-refractivity contribution in [2.45, 2.75) is 12.8 Å². The van der Waals surface area contributed by atoms with E-state index in [1.807, 2.05) is 95.2 Å². The Morgan fingerprint density at radius 2 is 1.61 bits per heavy atom. The van der Waals surface area contributed by atoms with Crippen molar-refractivity contribution in [1.29, 1.82) is 0 Å². The maximum Gasteiger partial charge on any atom is 0.264 e. The number of rotatable bonds is 8. The Labute approximate surface area is 227 Å². The van der Waals surface area contributed by atoms with Gasteiger partial charge in [0.1, 0.15) is 6.54 Å². The molecule has 2 aromatic carbocycles. The molecule has 3 heterocycles. The molecule has 7 nitrogen and oxygen atoms in total. The van der Waals surface area contributed by atoms with E-state index in [1.54, 1.807) is 4.90 Å². The highest BCUT2D eigenvalue weighted by atomic mass is 32.1. The molecule has 1 saturated heterocycles. The van der Waals surface area contributed by atoms with Crippen LogP contribution < -0.4 is 4.90 Å². The van der Waals surface area contributed by atoms with E-state index < -0.39 is 0 Å². The molecule has 2 aromatic heterocycles. The first-order chi connectivity index (χ1) is 18.7. The zero-order valence-corrected chi connectivity index (χ0v) is 22.1. The zero-order chi connectivity index (χ0) is 26.2. The summed E-state index contributed by atoms with van der Waals surface area (Å²) in [5, 5.41) is 10.8. The molecule has 0 atom stereocenters. The fourth-order valence-electron chi connectivity index (χ4n) is 4.63. The Morgan fingerprint density at radius 1 is 0.816 bits per heavy atom. The molecular formula is C30H31N5O2S. The van der Waals surface area contributed by atoms with Gasteiger partial charge in [-0.1, -0.05) is 66.7 Å². The van der Waals surface area contributed by atoms with Gasteiger partial charge in [-0.2, -0.15) is 0 Å². The number of amides is 2. The average Bonchev–Trinajstić information content (AvgIpc) is 3.40. The molecule has 0 bridgehead atoms. The number of carbonyl (C=O) groups excluding carboxylic acids is 2. The molecule has 1 aliphatic rings. The van der Waals surface area contributed by atoms with Gasteiger partial charge in [-0.3, -0.25) is 9.59 Å². The van der Waals surface area contributed by atoms with E-state index in [-0.39, 0.29) is 18.4 Å². The fraction of sp³-hybridized carbons (Fsp3) is 0.267. The second kappa shape index (κ2) is 12.5. The number of hydrogen-bond acceptors (Lipinski definition) is 6. The summed E-state index contributed by atoms with van der Waals surface area (Å²) in [5.74, 6) is 0.709. The summed E-state index contributed by atoms with van der Waals surface area (Å²) in [6, 6.07) is 27.7. The van der Waals surface area contributed by atoms with Gasteiger partial charge in [-0.25, -0.2) is 0 Å². The van der Waals surface area contributed by atoms with Crippen LogP contribution in [0.25, 0.3) is 11.3 Å². The molecule has 0 saturated carbocycles. The van der Waals surface area contributed by atoms with Gasteiger partial charge in [0, 0.05) is 38.3 Å². The molecule has 4 aromatic rings. The third-order valence-electron chi connectivity index (χ3n) is 6.75. The van der Waals surface area contributed by atoms with Crippen molar-refractivity contribution in [1.82, 2.24) is 20.0 Å². The van der Waals surface area contributed by atoms with Crippen molar-refractivity contribution in [3.8, 4) is 11.3 Å². The number of nitrogens with zero attached hydrogens (tertiary/aromatic N) is 5. The second-order valence-corrected chi connectivity index (χ2v) is 10.3. The standard InChI is InChI=1S/C30H31N5O2S/c36-29(23-35(30(37)27-13-7-22-38-27)19-16-24-9-3-1-4-10-24)34-18-8-17-33(20-21-34)28-15-14-26(31-32-28)25-11-5-2-6-12-25/h1-7,9-15,22H,8,16-21,23H2. The molecule has 0 N–H and O–H groups in total. The van der Waals surface area contributed by atoms with Gasteiger partial charge in [-0.15, -0.1) is 21.5 Å². The minimum absolute atomic E-state index is 0.0182. The topological polar surface area (TPSA) is 69.6 Å². The molecule has 0 radical (unpaired) electrons. The summed E-state index contributed by atoms with van der Waals surface area (Å²) in [4.78, 5) is 33.0. The molecule has 0 aliphatic carbocycles. The Kier molecular flexibility index (Phi) is 8.40. The summed E-state index contributed by atoms with van der Waals surface area (Å²) in [6.45, 7) is 3.29. The van der Waals surface area contributed by atoms with Crippen molar-refractivity contribution >= 4 is 29.0 Å². The highest BCUT2D eigenvalue weighted by Gasteiger charge is 2.25. The Hall–Kier alpha value is -4.04. The van der Waals surface area contributed by atoms with E-state index in [9.17, 15) is 9.59 Å². The maximum absolute atomic E-state index is 13.4. The van der Waals surface area contributed by atoms with Gasteiger partial charge in [0.05, 0.1) is 10.6 Å². The normalized spacial score (nSPS) is 13.7. The quantitative estimate of drug-likeness (QED) is 0.336. The highest BCUT2D eigenvalue weighted by Crippen LogP contribution is 2.19. The summed E-state index contributed by atoms with van der Waals surface area (Å²) in [5.41, 5.74) is 3.02. The van der Waals surface area contributed by atoms with Crippen LogP contribution in [0.15, 0.2) is 90.3 Å². The summed E-state index contributed by atoms with van der Waals surface area (Å²) >= 11 is 1.41. The van der Waals surface area contributed by atoms with E-state index >= 15 is 0 Å². The molecule has 2 amide bonds. The molecule has 5 rings (SSSR count). The number of anilines is 1. The minimum atomic E-state index is -0.0884. The van der Waals surface area contributed by atoms with E-state index in [4.69, 9.17) is 0 Å². The van der Waals surface area contributed by atoms with Crippen LogP contribution in [-0.4, -0.2) is 71.1 Å². The summed E-state index contributed by atoms with van der Waals surface area (Å²) < 4.78 is 0. The molecule has 1 aliphatic heterocycles. The Balaban J connectivity index is 1.21. The number of hydrogen-bond donors (Lipinski definition) is 0. The van der Waals surface area contributed by atoms with E-state index in [1.165, 1.54) is 11.3 Å². The van der Waals surface area contributed by atoms with Gasteiger partial charge in [0.2, 0.25) is 5.91 Å². The summed E-state index contributed by atoms with van der Waals surface area (Å²) in [6.07, 6.45) is 1.54. The van der Waals surface area contributed by atoms with Gasteiger partial charge >= 0.3 is 0 Å². The molecule has 0 unspecified atom stereocenters. The molecule has 1 fully saturated rings. The molecule has 194 valence electrons. The third-order valence-corrected chi connectivity index (χ3v) is 7.61. The Morgan fingerprint density at radius 3 is 2.32 bits per heavy atom. The van der Waals surface area contributed by atoms with Crippen molar-refractivity contribution < 1.29 is 9.59 Å². The van der Waals surface area contributed by atoms with Crippen LogP contribution >= 0.6 is 11.3 Å². The lowest BCUT2D eigenvalue weighted by atomic mass is 10.1. The minimum Gasteiger partial charge on any atom is -0.353 e. The average molecular weight is 526 g/mol. The van der Waals surface area contributed by atoms with Crippen molar-refractivity contribution in [2.24, 2.45) is 0 Å². The Bertz CT molecular complexity index is 1310. The largest absolute Gasteiger partial charge is 0.353 e. The van der Waals surface area contributed by atoms with Crippen molar-refractivity contribution in [2.75, 3.05) is 44.2 Å². The highest BCUT2D eigenvalue weighted by molar-refractivity contribution is 7.12. The molecule has 38 heavy (non-hydrogen) atoms. The van der Waals surface area contributed by atoms with Gasteiger partial charge < -0.3 is 14.7 Å². The lowest BCUT2D eigenvalue weighted by molar-refractivity contribution is -0.131. The number of thiophene rings is 1. The van der Waals surface area contributed by atoms with Crippen LogP contribution in [0.1, 0.15) is 21.7 Å². The van der Waals surface area contributed by atoms with Crippen LogP contribution in [0.5, 0.6) is 0 Å². The lowest BCUT2D eigenvalue weighted by Crippen LogP contribution is -2.44. The summed E-state index contributed by atoms with van der Waals surface area (Å²) in [7, 11) is 0. The van der Waals surface area contributed by atoms with Crippen molar-refractivity contribution in [3.05, 3.63) is 101 Å².